The average molecular weight is 322 g/mol. The summed E-state index contributed by atoms with van der Waals surface area (Å²) in [5.41, 5.74) is 5.74. The van der Waals surface area contributed by atoms with Crippen molar-refractivity contribution in [3.8, 4) is 0 Å². The van der Waals surface area contributed by atoms with Crippen molar-refractivity contribution in [3.63, 3.8) is 0 Å². The molecule has 0 amide bonds. The van der Waals surface area contributed by atoms with Crippen LogP contribution in [0.5, 0.6) is 0 Å². The highest BCUT2D eigenvalue weighted by Crippen LogP contribution is 2.21. The van der Waals surface area contributed by atoms with Gasteiger partial charge in [-0.15, -0.1) is 0 Å². The SMILES string of the molecule is NC1CCC(NS(=O)(=O)c2ccc3oc(=O)ccc3c2)CC1. The van der Waals surface area contributed by atoms with E-state index < -0.39 is 15.6 Å². The molecule has 0 bridgehead atoms. The Morgan fingerprint density at radius 2 is 1.82 bits per heavy atom. The highest BCUT2D eigenvalue weighted by molar-refractivity contribution is 7.89. The molecule has 118 valence electrons. The molecule has 0 saturated heterocycles. The number of nitrogens with one attached hydrogen (secondary N) is 1. The fraction of sp³-hybridized carbons (Fsp3) is 0.400. The first-order valence-corrected chi connectivity index (χ1v) is 8.74. The summed E-state index contributed by atoms with van der Waals surface area (Å²) in [6.07, 6.45) is 3.16. The van der Waals surface area contributed by atoms with E-state index in [1.165, 1.54) is 24.3 Å². The monoisotopic (exact) mass is 322 g/mol. The smallest absolute Gasteiger partial charge is 0.336 e. The predicted octanol–water partition coefficient (Wildman–Crippen LogP) is 1.34. The lowest BCUT2D eigenvalue weighted by Crippen LogP contribution is -2.40. The molecule has 1 aromatic carbocycles. The molecule has 1 fully saturated rings. The van der Waals surface area contributed by atoms with Crippen LogP contribution >= 0.6 is 0 Å². The maximum absolute atomic E-state index is 12.5. The zero-order chi connectivity index (χ0) is 15.7. The number of sulfonamides is 1. The topological polar surface area (TPSA) is 102 Å². The fourth-order valence-electron chi connectivity index (χ4n) is 2.74. The number of hydrogen-bond donors (Lipinski definition) is 2. The van der Waals surface area contributed by atoms with Crippen molar-refractivity contribution >= 4 is 21.0 Å². The Labute approximate surface area is 128 Å². The number of hydrogen-bond acceptors (Lipinski definition) is 5. The molecule has 3 N–H and O–H groups in total. The van der Waals surface area contributed by atoms with Gasteiger partial charge in [0.25, 0.3) is 0 Å². The van der Waals surface area contributed by atoms with Gasteiger partial charge in [0, 0.05) is 23.5 Å². The summed E-state index contributed by atoms with van der Waals surface area (Å²) in [6.45, 7) is 0. The minimum Gasteiger partial charge on any atom is -0.423 e. The van der Waals surface area contributed by atoms with Crippen LogP contribution in [0.2, 0.25) is 0 Å². The van der Waals surface area contributed by atoms with E-state index in [1.807, 2.05) is 0 Å². The van der Waals surface area contributed by atoms with E-state index in [0.29, 0.717) is 11.0 Å². The van der Waals surface area contributed by atoms with Gasteiger partial charge in [-0.1, -0.05) is 0 Å². The van der Waals surface area contributed by atoms with E-state index in [2.05, 4.69) is 4.72 Å². The largest absolute Gasteiger partial charge is 0.423 e. The van der Waals surface area contributed by atoms with Crippen LogP contribution in [0.15, 0.2) is 44.4 Å². The van der Waals surface area contributed by atoms with Crippen molar-refractivity contribution in [1.29, 1.82) is 0 Å². The highest BCUT2D eigenvalue weighted by atomic mass is 32.2. The van der Waals surface area contributed by atoms with Gasteiger partial charge >= 0.3 is 5.63 Å². The van der Waals surface area contributed by atoms with Gasteiger partial charge in [0.1, 0.15) is 5.58 Å². The number of benzene rings is 1. The van der Waals surface area contributed by atoms with Crippen LogP contribution in [0.1, 0.15) is 25.7 Å². The maximum atomic E-state index is 12.5. The van der Waals surface area contributed by atoms with Crippen LogP contribution in [0, 0.1) is 0 Å². The third kappa shape index (κ3) is 3.21. The van der Waals surface area contributed by atoms with Gasteiger partial charge in [-0.25, -0.2) is 17.9 Å². The second kappa shape index (κ2) is 5.83. The molecule has 0 aliphatic heterocycles. The van der Waals surface area contributed by atoms with Crippen LogP contribution in [-0.2, 0) is 10.0 Å². The second-order valence-electron chi connectivity index (χ2n) is 5.69. The zero-order valence-corrected chi connectivity index (χ0v) is 12.8. The Morgan fingerprint density at radius 1 is 1.09 bits per heavy atom. The minimum atomic E-state index is -3.59. The van der Waals surface area contributed by atoms with E-state index >= 15 is 0 Å². The molecule has 1 aromatic heterocycles. The first-order valence-electron chi connectivity index (χ1n) is 7.26. The summed E-state index contributed by atoms with van der Waals surface area (Å²) in [5, 5.41) is 0.577. The Kier molecular flexibility index (Phi) is 4.03. The molecular weight excluding hydrogens is 304 g/mol. The van der Waals surface area contributed by atoms with Crippen LogP contribution < -0.4 is 16.1 Å². The van der Waals surface area contributed by atoms with E-state index in [-0.39, 0.29) is 17.0 Å². The molecule has 3 rings (SSSR count). The lowest BCUT2D eigenvalue weighted by Gasteiger charge is -2.26. The molecule has 0 spiro atoms. The molecule has 1 heterocycles. The third-order valence-corrected chi connectivity index (χ3v) is 5.51. The summed E-state index contributed by atoms with van der Waals surface area (Å²) in [5.74, 6) is 0. The van der Waals surface area contributed by atoms with E-state index in [4.69, 9.17) is 10.2 Å². The Hall–Kier alpha value is -1.70. The third-order valence-electron chi connectivity index (χ3n) is 3.99. The first-order chi connectivity index (χ1) is 10.4. The molecule has 7 heteroatoms. The van der Waals surface area contributed by atoms with Crippen molar-refractivity contribution < 1.29 is 12.8 Å². The number of fused-ring (bicyclic) bond motifs is 1. The standard InChI is InChI=1S/C15H18N2O4S/c16-11-2-4-12(5-3-11)17-22(19,20)13-6-7-14-10(9-13)1-8-15(18)21-14/h1,6-9,11-12,17H,2-5,16H2. The Balaban J connectivity index is 1.85. The Bertz CT molecular complexity index is 836. The summed E-state index contributed by atoms with van der Waals surface area (Å²) in [6, 6.07) is 7.38. The Morgan fingerprint density at radius 3 is 2.55 bits per heavy atom. The van der Waals surface area contributed by atoms with Gasteiger partial charge in [-0.05, 0) is 49.9 Å². The summed E-state index contributed by atoms with van der Waals surface area (Å²) < 4.78 is 32.7. The lowest BCUT2D eigenvalue weighted by molar-refractivity contribution is 0.373. The first kappa shape index (κ1) is 15.2. The molecular formula is C15H18N2O4S. The van der Waals surface area contributed by atoms with Gasteiger partial charge in [0.15, 0.2) is 0 Å². The van der Waals surface area contributed by atoms with Crippen LogP contribution in [-0.4, -0.2) is 20.5 Å². The molecule has 0 radical (unpaired) electrons. The molecule has 6 nitrogen and oxygen atoms in total. The van der Waals surface area contributed by atoms with Crippen LogP contribution in [0.3, 0.4) is 0 Å². The van der Waals surface area contributed by atoms with Crippen LogP contribution in [0.25, 0.3) is 11.0 Å². The highest BCUT2D eigenvalue weighted by Gasteiger charge is 2.24. The zero-order valence-electron chi connectivity index (χ0n) is 12.0. The number of rotatable bonds is 3. The summed E-state index contributed by atoms with van der Waals surface area (Å²) in [4.78, 5) is 11.3. The van der Waals surface area contributed by atoms with Gasteiger partial charge in [0.05, 0.1) is 4.90 Å². The maximum Gasteiger partial charge on any atom is 0.336 e. The van der Waals surface area contributed by atoms with Crippen molar-refractivity contribution in [2.45, 2.75) is 42.7 Å². The van der Waals surface area contributed by atoms with Crippen molar-refractivity contribution in [1.82, 2.24) is 4.72 Å². The van der Waals surface area contributed by atoms with Gasteiger partial charge in [-0.3, -0.25) is 0 Å². The lowest BCUT2D eigenvalue weighted by atomic mass is 9.93. The molecule has 1 aliphatic rings. The van der Waals surface area contributed by atoms with Crippen LogP contribution in [0.4, 0.5) is 0 Å². The van der Waals surface area contributed by atoms with Gasteiger partial charge < -0.3 is 10.2 Å². The summed E-state index contributed by atoms with van der Waals surface area (Å²) in [7, 11) is -3.59. The van der Waals surface area contributed by atoms with Gasteiger partial charge in [0.2, 0.25) is 10.0 Å². The molecule has 0 unspecified atom stereocenters. The van der Waals surface area contributed by atoms with Crippen molar-refractivity contribution in [2.75, 3.05) is 0 Å². The van der Waals surface area contributed by atoms with Gasteiger partial charge in [-0.2, -0.15) is 0 Å². The minimum absolute atomic E-state index is 0.0748. The predicted molar refractivity (Wildman–Crippen MR) is 83.0 cm³/mol. The summed E-state index contributed by atoms with van der Waals surface area (Å²) >= 11 is 0. The molecule has 22 heavy (non-hydrogen) atoms. The average Bonchev–Trinajstić information content (AvgIpc) is 2.49. The molecule has 0 atom stereocenters. The van der Waals surface area contributed by atoms with Crippen molar-refractivity contribution in [2.24, 2.45) is 5.73 Å². The van der Waals surface area contributed by atoms with E-state index in [1.54, 1.807) is 6.07 Å². The molecule has 2 aromatic rings. The van der Waals surface area contributed by atoms with Crippen molar-refractivity contribution in [3.05, 3.63) is 40.8 Å². The fourth-order valence-corrected chi connectivity index (χ4v) is 4.08. The quantitative estimate of drug-likeness (QED) is 0.830. The molecule has 1 aliphatic carbocycles. The number of nitrogens with two attached hydrogens (primary N) is 1. The normalized spacial score (nSPS) is 22.8. The molecule has 1 saturated carbocycles. The second-order valence-corrected chi connectivity index (χ2v) is 7.40. The van der Waals surface area contributed by atoms with E-state index in [0.717, 1.165) is 25.7 Å². The van der Waals surface area contributed by atoms with E-state index in [9.17, 15) is 13.2 Å².